The molecule has 0 fully saturated rings. The van der Waals surface area contributed by atoms with Crippen molar-refractivity contribution >= 4 is 23.8 Å². The normalized spacial score (nSPS) is 13.2. The summed E-state index contributed by atoms with van der Waals surface area (Å²) in [6.07, 6.45) is 3.81. The molecule has 2 nitrogen and oxygen atoms in total. The third-order valence-corrected chi connectivity index (χ3v) is 2.43. The van der Waals surface area contributed by atoms with Crippen molar-refractivity contribution in [2.24, 2.45) is 15.9 Å². The fraction of sp³-hybridized carbons (Fsp3) is 0.125. The minimum atomic E-state index is 0.213. The van der Waals surface area contributed by atoms with E-state index in [4.69, 9.17) is 0 Å². The molecule has 0 aliphatic rings. The molecule has 0 unspecified atom stereocenters. The number of benzene rings is 2. The summed E-state index contributed by atoms with van der Waals surface area (Å²) in [7, 11) is 0. The number of para-hydroxylation sites is 2. The highest BCUT2D eigenvalue weighted by atomic mass is 14.7. The molecule has 0 atom stereocenters. The van der Waals surface area contributed by atoms with Gasteiger partial charge in [0.1, 0.15) is 0 Å². The first kappa shape index (κ1) is 12.2. The van der Waals surface area contributed by atoms with Crippen molar-refractivity contribution in [1.82, 2.24) is 0 Å². The molecule has 0 radical (unpaired) electrons. The van der Waals surface area contributed by atoms with Crippen LogP contribution in [-0.4, -0.2) is 12.4 Å². The van der Waals surface area contributed by atoms with Gasteiger partial charge in [-0.3, -0.25) is 9.98 Å². The third kappa shape index (κ3) is 3.98. The van der Waals surface area contributed by atoms with Crippen LogP contribution < -0.4 is 0 Å². The van der Waals surface area contributed by atoms with Gasteiger partial charge in [0, 0.05) is 18.3 Å². The lowest BCUT2D eigenvalue weighted by Crippen LogP contribution is -1.96. The van der Waals surface area contributed by atoms with Gasteiger partial charge < -0.3 is 0 Å². The van der Waals surface area contributed by atoms with Gasteiger partial charge in [0.25, 0.3) is 0 Å². The van der Waals surface area contributed by atoms with Crippen molar-refractivity contribution in [3.8, 4) is 0 Å². The van der Waals surface area contributed by atoms with Crippen molar-refractivity contribution in [2.45, 2.75) is 6.92 Å². The molecule has 2 aromatic carbocycles. The van der Waals surface area contributed by atoms with Crippen molar-refractivity contribution < 1.29 is 0 Å². The molecule has 0 saturated heterocycles. The molecule has 2 aromatic rings. The Balaban J connectivity index is 1.95. The average molecular weight is 236 g/mol. The van der Waals surface area contributed by atoms with Crippen LogP contribution in [0.1, 0.15) is 6.92 Å². The lowest BCUT2D eigenvalue weighted by molar-refractivity contribution is 1.11. The van der Waals surface area contributed by atoms with Crippen LogP contribution in [0.5, 0.6) is 0 Å². The van der Waals surface area contributed by atoms with Crippen molar-refractivity contribution in [3.63, 3.8) is 0 Å². The first-order valence-electron chi connectivity index (χ1n) is 6.03. The van der Waals surface area contributed by atoms with Gasteiger partial charge in [-0.05, 0) is 24.3 Å². The molecule has 2 rings (SSSR count). The predicted octanol–water partition coefficient (Wildman–Crippen LogP) is 4.43. The van der Waals surface area contributed by atoms with E-state index in [1.54, 1.807) is 0 Å². The van der Waals surface area contributed by atoms with Crippen molar-refractivity contribution in [3.05, 3.63) is 60.7 Å². The van der Waals surface area contributed by atoms with Crippen LogP contribution in [0, 0.1) is 5.92 Å². The highest BCUT2D eigenvalue weighted by molar-refractivity contribution is 5.85. The summed E-state index contributed by atoms with van der Waals surface area (Å²) < 4.78 is 0. The largest absolute Gasteiger partial charge is 0.261 e. The molecule has 2 heteroatoms. The van der Waals surface area contributed by atoms with Crippen LogP contribution in [0.2, 0.25) is 0 Å². The zero-order valence-electron chi connectivity index (χ0n) is 10.4. The van der Waals surface area contributed by atoms with Gasteiger partial charge in [-0.25, -0.2) is 0 Å². The van der Waals surface area contributed by atoms with E-state index in [9.17, 15) is 0 Å². The topological polar surface area (TPSA) is 24.7 Å². The summed E-state index contributed by atoms with van der Waals surface area (Å²) in [5.74, 6) is 0.213. The predicted molar refractivity (Wildman–Crippen MR) is 78.4 cm³/mol. The smallest absolute Gasteiger partial charge is 0.0625 e. The molecule has 0 bridgehead atoms. The molecule has 0 spiro atoms. The average Bonchev–Trinajstić information content (AvgIpc) is 2.45. The molecule has 0 amide bonds. The van der Waals surface area contributed by atoms with E-state index in [0.29, 0.717) is 0 Å². The molecule has 0 saturated carbocycles. The fourth-order valence-corrected chi connectivity index (χ4v) is 1.47. The Morgan fingerprint density at radius 1 is 0.722 bits per heavy atom. The number of hydrogen-bond donors (Lipinski definition) is 0. The minimum Gasteiger partial charge on any atom is -0.261 e. The van der Waals surface area contributed by atoms with Crippen LogP contribution in [0.15, 0.2) is 70.6 Å². The van der Waals surface area contributed by atoms with E-state index in [-0.39, 0.29) is 5.92 Å². The first-order chi connectivity index (χ1) is 8.84. The van der Waals surface area contributed by atoms with Gasteiger partial charge in [0.15, 0.2) is 0 Å². The molecule has 0 aliphatic carbocycles. The van der Waals surface area contributed by atoms with Gasteiger partial charge in [0.05, 0.1) is 11.4 Å². The summed E-state index contributed by atoms with van der Waals surface area (Å²) >= 11 is 0. The van der Waals surface area contributed by atoms with E-state index in [0.717, 1.165) is 11.4 Å². The third-order valence-electron chi connectivity index (χ3n) is 2.43. The Morgan fingerprint density at radius 3 is 1.50 bits per heavy atom. The van der Waals surface area contributed by atoms with Gasteiger partial charge >= 0.3 is 0 Å². The second kappa shape index (κ2) is 6.50. The van der Waals surface area contributed by atoms with Crippen LogP contribution >= 0.6 is 0 Å². The van der Waals surface area contributed by atoms with E-state index in [1.165, 1.54) is 0 Å². The molecule has 0 aromatic heterocycles. The minimum absolute atomic E-state index is 0.213. The SMILES string of the molecule is CC(C=Nc1ccccc1)C=Nc1ccccc1. The molecule has 90 valence electrons. The summed E-state index contributed by atoms with van der Waals surface area (Å²) in [6, 6.07) is 19.8. The Kier molecular flexibility index (Phi) is 4.42. The maximum atomic E-state index is 4.40. The first-order valence-corrected chi connectivity index (χ1v) is 6.03. The van der Waals surface area contributed by atoms with Crippen LogP contribution in [0.4, 0.5) is 11.4 Å². The molecule has 0 aliphatic heterocycles. The van der Waals surface area contributed by atoms with E-state index < -0.39 is 0 Å². The van der Waals surface area contributed by atoms with Gasteiger partial charge in [0.2, 0.25) is 0 Å². The Labute approximate surface area is 108 Å². The Morgan fingerprint density at radius 2 is 1.11 bits per heavy atom. The maximum Gasteiger partial charge on any atom is 0.0625 e. The summed E-state index contributed by atoms with van der Waals surface area (Å²) in [5, 5.41) is 0. The lowest BCUT2D eigenvalue weighted by Gasteiger charge is -1.97. The Hall–Kier alpha value is -2.22. The van der Waals surface area contributed by atoms with E-state index >= 15 is 0 Å². The van der Waals surface area contributed by atoms with E-state index in [2.05, 4.69) is 16.9 Å². The van der Waals surface area contributed by atoms with Crippen LogP contribution in [-0.2, 0) is 0 Å². The summed E-state index contributed by atoms with van der Waals surface area (Å²) in [4.78, 5) is 8.80. The molecule has 0 N–H and O–H groups in total. The number of nitrogens with zero attached hydrogens (tertiary/aromatic N) is 2. The summed E-state index contributed by atoms with van der Waals surface area (Å²) in [5.41, 5.74) is 1.94. The highest BCUT2D eigenvalue weighted by Gasteiger charge is 1.93. The summed E-state index contributed by atoms with van der Waals surface area (Å²) in [6.45, 7) is 2.07. The van der Waals surface area contributed by atoms with Gasteiger partial charge in [-0.1, -0.05) is 43.3 Å². The van der Waals surface area contributed by atoms with Gasteiger partial charge in [-0.2, -0.15) is 0 Å². The quantitative estimate of drug-likeness (QED) is 0.702. The van der Waals surface area contributed by atoms with Gasteiger partial charge in [-0.15, -0.1) is 0 Å². The van der Waals surface area contributed by atoms with Crippen LogP contribution in [0.3, 0.4) is 0 Å². The lowest BCUT2D eigenvalue weighted by atomic mass is 10.2. The van der Waals surface area contributed by atoms with E-state index in [1.807, 2.05) is 73.1 Å². The second-order valence-corrected chi connectivity index (χ2v) is 4.09. The molecular formula is C16H16N2. The molecule has 18 heavy (non-hydrogen) atoms. The number of aliphatic imine (C=N–C) groups is 2. The second-order valence-electron chi connectivity index (χ2n) is 4.09. The molecule has 0 heterocycles. The maximum absolute atomic E-state index is 4.40. The highest BCUT2D eigenvalue weighted by Crippen LogP contribution is 2.11. The van der Waals surface area contributed by atoms with Crippen LogP contribution in [0.25, 0.3) is 0 Å². The fourth-order valence-electron chi connectivity index (χ4n) is 1.47. The standard InChI is InChI=1S/C16H16N2/c1-14(12-17-15-8-4-2-5-9-15)13-18-16-10-6-3-7-11-16/h2-14H,1H3. The van der Waals surface area contributed by atoms with Crippen molar-refractivity contribution in [2.75, 3.05) is 0 Å². The number of rotatable bonds is 4. The number of hydrogen-bond acceptors (Lipinski definition) is 2. The zero-order chi connectivity index (χ0) is 12.6. The zero-order valence-corrected chi connectivity index (χ0v) is 10.4. The monoisotopic (exact) mass is 236 g/mol. The van der Waals surface area contributed by atoms with Crippen molar-refractivity contribution in [1.29, 1.82) is 0 Å². The molecular weight excluding hydrogens is 220 g/mol. The Bertz CT molecular complexity index is 466.